The first-order chi connectivity index (χ1) is 20.0. The van der Waals surface area contributed by atoms with Crippen LogP contribution in [0.4, 0.5) is 0 Å². The van der Waals surface area contributed by atoms with Crippen LogP contribution >= 0.6 is 0 Å². The second-order valence-electron chi connectivity index (χ2n) is 10.00. The van der Waals surface area contributed by atoms with E-state index in [1.54, 1.807) is 36.5 Å². The Labute approximate surface area is 243 Å². The molecule has 3 rings (SSSR count). The van der Waals surface area contributed by atoms with Gasteiger partial charge in [0.15, 0.2) is 5.96 Å². The molecular formula is C29H38N8O5. The molecule has 1 aromatic heterocycles. The quantitative estimate of drug-likeness (QED) is 0.0687. The van der Waals surface area contributed by atoms with Gasteiger partial charge in [0.2, 0.25) is 17.7 Å². The van der Waals surface area contributed by atoms with Crippen molar-refractivity contribution in [1.82, 2.24) is 20.9 Å². The third-order valence-corrected chi connectivity index (χ3v) is 6.69. The molecule has 0 fully saturated rings. The number of hydrogen-bond acceptors (Lipinski definition) is 6. The lowest BCUT2D eigenvalue weighted by Crippen LogP contribution is -2.57. The van der Waals surface area contributed by atoms with Crippen LogP contribution in [0.1, 0.15) is 30.9 Å². The fourth-order valence-corrected chi connectivity index (χ4v) is 4.39. The number of amides is 3. The van der Waals surface area contributed by atoms with Crippen LogP contribution in [0.3, 0.4) is 0 Å². The van der Waals surface area contributed by atoms with Crippen LogP contribution in [0, 0.1) is 0 Å². The number of nitrogens with two attached hydrogens (primary N) is 3. The molecule has 0 saturated carbocycles. The van der Waals surface area contributed by atoms with Crippen molar-refractivity contribution < 1.29 is 24.3 Å². The summed E-state index contributed by atoms with van der Waals surface area (Å²) in [5, 5.41) is 18.3. The number of para-hydroxylation sites is 1. The van der Waals surface area contributed by atoms with Gasteiger partial charge in [-0.1, -0.05) is 48.5 Å². The molecule has 0 radical (unpaired) electrons. The molecule has 224 valence electrons. The van der Waals surface area contributed by atoms with Crippen LogP contribution in [-0.4, -0.2) is 70.5 Å². The van der Waals surface area contributed by atoms with E-state index in [-0.39, 0.29) is 25.2 Å². The predicted octanol–water partition coefficient (Wildman–Crippen LogP) is -0.107. The maximum atomic E-state index is 13.4. The summed E-state index contributed by atoms with van der Waals surface area (Å²) < 4.78 is 0. The molecule has 0 aliphatic heterocycles. The van der Waals surface area contributed by atoms with Crippen molar-refractivity contribution in [2.24, 2.45) is 22.2 Å². The number of aromatic nitrogens is 1. The number of nitrogens with one attached hydrogen (secondary N) is 4. The third-order valence-electron chi connectivity index (χ3n) is 6.69. The van der Waals surface area contributed by atoms with Crippen molar-refractivity contribution in [2.75, 3.05) is 6.54 Å². The van der Waals surface area contributed by atoms with Crippen molar-refractivity contribution in [1.29, 1.82) is 0 Å². The number of nitrogens with zero attached hydrogens (tertiary/aromatic N) is 1. The fraction of sp³-hybridized carbons (Fsp3) is 0.345. The van der Waals surface area contributed by atoms with E-state index in [0.29, 0.717) is 13.0 Å². The van der Waals surface area contributed by atoms with E-state index in [2.05, 4.69) is 25.9 Å². The van der Waals surface area contributed by atoms with Gasteiger partial charge in [0, 0.05) is 36.5 Å². The molecule has 0 saturated heterocycles. The summed E-state index contributed by atoms with van der Waals surface area (Å²) >= 11 is 0. The maximum absolute atomic E-state index is 13.4. The lowest BCUT2D eigenvalue weighted by molar-refractivity contribution is -0.142. The van der Waals surface area contributed by atoms with Gasteiger partial charge in [-0.2, -0.15) is 0 Å². The lowest BCUT2D eigenvalue weighted by atomic mass is 10.0. The van der Waals surface area contributed by atoms with Gasteiger partial charge < -0.3 is 43.2 Å². The largest absolute Gasteiger partial charge is 0.480 e. The van der Waals surface area contributed by atoms with E-state index in [0.717, 1.165) is 22.0 Å². The average molecular weight is 579 g/mol. The molecule has 3 amide bonds. The minimum Gasteiger partial charge on any atom is -0.480 e. The molecule has 0 bridgehead atoms. The van der Waals surface area contributed by atoms with Gasteiger partial charge in [-0.3, -0.25) is 19.4 Å². The highest BCUT2D eigenvalue weighted by atomic mass is 16.4. The molecule has 13 nitrogen and oxygen atoms in total. The number of H-pyrrole nitrogens is 1. The predicted molar refractivity (Wildman–Crippen MR) is 159 cm³/mol. The van der Waals surface area contributed by atoms with E-state index in [1.807, 2.05) is 24.3 Å². The monoisotopic (exact) mass is 578 g/mol. The van der Waals surface area contributed by atoms with Crippen molar-refractivity contribution in [3.8, 4) is 0 Å². The second kappa shape index (κ2) is 15.2. The Balaban J connectivity index is 1.70. The Bertz CT molecular complexity index is 1400. The Morgan fingerprint density at radius 1 is 0.881 bits per heavy atom. The van der Waals surface area contributed by atoms with Crippen LogP contribution in [0.5, 0.6) is 0 Å². The van der Waals surface area contributed by atoms with Gasteiger partial charge in [0.05, 0.1) is 6.04 Å². The standard InChI is InChI=1S/C29H38N8O5/c1-17(25(38)37-24(28(41)42)14-18-8-3-2-4-9-18)35-27(40)23(15-19-16-34-22-12-6-5-10-20(19)22)36-26(39)21(30)11-7-13-33-29(31)32/h2-6,8-10,12,16-17,21,23-24,34H,7,11,13-15,30H2,1H3,(H,35,40)(H,36,39)(H,37,38)(H,41,42)(H4,31,32,33). The van der Waals surface area contributed by atoms with Crippen LogP contribution in [-0.2, 0) is 32.0 Å². The summed E-state index contributed by atoms with van der Waals surface area (Å²) in [4.78, 5) is 58.1. The molecule has 0 aliphatic rings. The number of carbonyl (C=O) groups is 4. The Morgan fingerprint density at radius 3 is 2.24 bits per heavy atom. The summed E-state index contributed by atoms with van der Waals surface area (Å²) in [6.45, 7) is 1.74. The Hall–Kier alpha value is -4.91. The Morgan fingerprint density at radius 2 is 1.55 bits per heavy atom. The van der Waals surface area contributed by atoms with Gasteiger partial charge in [-0.25, -0.2) is 4.79 Å². The molecule has 4 atom stereocenters. The summed E-state index contributed by atoms with van der Waals surface area (Å²) in [5.41, 5.74) is 19.1. The molecule has 0 spiro atoms. The summed E-state index contributed by atoms with van der Waals surface area (Å²) in [5.74, 6) is -3.12. The highest BCUT2D eigenvalue weighted by Gasteiger charge is 2.29. The number of carbonyl (C=O) groups excluding carboxylic acids is 3. The SMILES string of the molecule is CC(NC(=O)C(Cc1c[nH]c2ccccc12)NC(=O)C(N)CCCN=C(N)N)C(=O)NC(Cc1ccccc1)C(=O)O. The van der Waals surface area contributed by atoms with Gasteiger partial charge in [-0.15, -0.1) is 0 Å². The molecular weight excluding hydrogens is 540 g/mol. The van der Waals surface area contributed by atoms with Gasteiger partial charge in [0.1, 0.15) is 18.1 Å². The third kappa shape index (κ3) is 9.34. The first-order valence-electron chi connectivity index (χ1n) is 13.6. The zero-order valence-electron chi connectivity index (χ0n) is 23.4. The summed E-state index contributed by atoms with van der Waals surface area (Å²) in [7, 11) is 0. The minimum atomic E-state index is -1.20. The maximum Gasteiger partial charge on any atom is 0.326 e. The van der Waals surface area contributed by atoms with E-state index in [4.69, 9.17) is 17.2 Å². The van der Waals surface area contributed by atoms with Crippen LogP contribution in [0.15, 0.2) is 65.8 Å². The molecule has 13 heteroatoms. The van der Waals surface area contributed by atoms with Crippen LogP contribution in [0.25, 0.3) is 10.9 Å². The zero-order chi connectivity index (χ0) is 30.6. The number of aromatic amines is 1. The number of benzene rings is 2. The van der Waals surface area contributed by atoms with Gasteiger partial charge in [0.25, 0.3) is 0 Å². The number of carboxylic acid groups (broad SMARTS) is 1. The number of hydrogen-bond donors (Lipinski definition) is 8. The van der Waals surface area contributed by atoms with E-state index >= 15 is 0 Å². The topological polar surface area (TPSA) is 231 Å². The minimum absolute atomic E-state index is 0.0589. The highest BCUT2D eigenvalue weighted by Crippen LogP contribution is 2.19. The van der Waals surface area contributed by atoms with Crippen LogP contribution < -0.4 is 33.2 Å². The molecule has 4 unspecified atom stereocenters. The first kappa shape index (κ1) is 31.6. The first-order valence-corrected chi connectivity index (χ1v) is 13.6. The van der Waals surface area contributed by atoms with E-state index in [9.17, 15) is 24.3 Å². The van der Waals surface area contributed by atoms with Crippen molar-refractivity contribution in [2.45, 2.75) is 56.8 Å². The Kier molecular flexibility index (Phi) is 11.4. The van der Waals surface area contributed by atoms with E-state index < -0.39 is 47.9 Å². The molecule has 11 N–H and O–H groups in total. The van der Waals surface area contributed by atoms with Gasteiger partial charge in [-0.05, 0) is 37.0 Å². The van der Waals surface area contributed by atoms with Crippen LogP contribution in [0.2, 0.25) is 0 Å². The fourth-order valence-electron chi connectivity index (χ4n) is 4.39. The molecule has 42 heavy (non-hydrogen) atoms. The molecule has 0 aliphatic carbocycles. The molecule has 2 aromatic carbocycles. The molecule has 1 heterocycles. The zero-order valence-corrected chi connectivity index (χ0v) is 23.4. The number of carboxylic acids is 1. The van der Waals surface area contributed by atoms with E-state index in [1.165, 1.54) is 6.92 Å². The summed E-state index contributed by atoms with van der Waals surface area (Å²) in [6.07, 6.45) is 2.67. The number of fused-ring (bicyclic) bond motifs is 1. The normalized spacial score (nSPS) is 13.8. The van der Waals surface area contributed by atoms with Crippen molar-refractivity contribution >= 4 is 40.6 Å². The number of guanidine groups is 1. The lowest BCUT2D eigenvalue weighted by Gasteiger charge is -2.23. The number of rotatable bonds is 15. The average Bonchev–Trinajstić information content (AvgIpc) is 3.37. The van der Waals surface area contributed by atoms with Crippen molar-refractivity contribution in [3.05, 3.63) is 71.9 Å². The van der Waals surface area contributed by atoms with Crippen molar-refractivity contribution in [3.63, 3.8) is 0 Å². The number of aliphatic imine (C=N–C) groups is 1. The van der Waals surface area contributed by atoms with Gasteiger partial charge >= 0.3 is 5.97 Å². The number of aliphatic carboxylic acids is 1. The molecule has 3 aromatic rings. The highest BCUT2D eigenvalue weighted by molar-refractivity contribution is 5.94. The smallest absolute Gasteiger partial charge is 0.326 e. The second-order valence-corrected chi connectivity index (χ2v) is 10.00. The summed E-state index contributed by atoms with van der Waals surface area (Å²) in [6, 6.07) is 12.1.